The number of carboxylic acid groups (broad SMARTS) is 5. The molecule has 512 valence electrons. The van der Waals surface area contributed by atoms with Gasteiger partial charge in [-0.15, -0.1) is 0 Å². The van der Waals surface area contributed by atoms with Gasteiger partial charge in [-0.25, -0.2) is 9.78 Å². The molecule has 0 aliphatic carbocycles. The summed E-state index contributed by atoms with van der Waals surface area (Å²) in [5, 5.41) is 89.7. The molecule has 0 saturated carbocycles. The number of phenols is 1. The van der Waals surface area contributed by atoms with E-state index < -0.39 is 207 Å². The van der Waals surface area contributed by atoms with Crippen LogP contribution in [0, 0.1) is 0 Å². The van der Waals surface area contributed by atoms with Crippen LogP contribution in [0.2, 0.25) is 0 Å². The number of nitrogens with one attached hydrogen (secondary N) is 11. The Morgan fingerprint density at radius 2 is 0.979 bits per heavy atom. The molecule has 24 N–H and O–H groups in total. The fourth-order valence-corrected chi connectivity index (χ4v) is 8.51. The number of phenolic OH excluding ortho intramolecular Hbond substituents is 1. The topological polar surface area (TPSA) is 637 Å². The standard InChI is InChI=1S/C56H76N16O22/c1-27(64-47(85)32(57)21-44(80)81)46(84)66-34(13-15-42(76)77)50(88)69-37(18-28-6-3-2-4-7-28)52(90)67-33(8-5-17-61-56(58)59)49(87)70-38(20-30-23-60-26-63-30)53(91)71-39(22-45(82)83)54(92)72-40(25-73)48(86)62-24-41(75)65-36(19-29-9-11-31(74)12-10-29)51(89)68-35(55(93)94)14-16-43(78)79/h2-4,6-7,9-12,23,26-27,32-40,73-74H,5,8,13-22,24-25,57H2,1H3,(H,60,63)(H,62,86)(H,64,85)(H,65,75)(H,66,84)(H,67,90)(H,68,89)(H,69,88)(H,70,87)(H,71,91)(H,72,92)(H,76,77)(H,78,79)(H,80,81)(H,82,83)(H,93,94)(H4,58,59,61)/t27-,32+,33-,34-,35-,36-,37-,38-,39-,40-/m0/s1. The molecule has 3 rings (SSSR count). The molecule has 0 saturated heterocycles. The number of nitrogens with zero attached hydrogens (tertiary/aromatic N) is 2. The number of amides is 10. The summed E-state index contributed by atoms with van der Waals surface area (Å²) in [6.45, 7) is -1.18. The molecule has 10 atom stereocenters. The van der Waals surface area contributed by atoms with E-state index in [2.05, 4.69) is 68.1 Å². The summed E-state index contributed by atoms with van der Waals surface area (Å²) < 4.78 is 0. The lowest BCUT2D eigenvalue weighted by Gasteiger charge is -2.27. The van der Waals surface area contributed by atoms with Gasteiger partial charge in [0.05, 0.1) is 38.4 Å². The fourth-order valence-electron chi connectivity index (χ4n) is 8.51. The number of hydrogen-bond donors (Lipinski definition) is 21. The molecule has 2 aromatic carbocycles. The van der Waals surface area contributed by atoms with E-state index in [1.165, 1.54) is 36.8 Å². The van der Waals surface area contributed by atoms with Gasteiger partial charge in [-0.05, 0) is 55.9 Å². The number of guanidine groups is 1. The summed E-state index contributed by atoms with van der Waals surface area (Å²) >= 11 is 0. The largest absolute Gasteiger partial charge is 0.508 e. The number of carbonyl (C=O) groups excluding carboxylic acids is 10. The molecule has 0 aliphatic heterocycles. The Morgan fingerprint density at radius 1 is 0.511 bits per heavy atom. The van der Waals surface area contributed by atoms with Gasteiger partial charge in [-0.1, -0.05) is 42.5 Å². The van der Waals surface area contributed by atoms with Crippen LogP contribution >= 0.6 is 0 Å². The zero-order valence-electron chi connectivity index (χ0n) is 50.4. The first-order valence-corrected chi connectivity index (χ1v) is 28.7. The molecule has 0 radical (unpaired) electrons. The van der Waals surface area contributed by atoms with Gasteiger partial charge >= 0.3 is 29.8 Å². The maximum absolute atomic E-state index is 14.5. The number of benzene rings is 2. The van der Waals surface area contributed by atoms with Gasteiger partial charge in [0.1, 0.15) is 60.1 Å². The Labute approximate surface area is 533 Å². The highest BCUT2D eigenvalue weighted by Crippen LogP contribution is 2.14. The van der Waals surface area contributed by atoms with Crippen LogP contribution in [0.4, 0.5) is 0 Å². The molecule has 0 unspecified atom stereocenters. The predicted molar refractivity (Wildman–Crippen MR) is 321 cm³/mol. The van der Waals surface area contributed by atoms with E-state index in [1.807, 2.05) is 0 Å². The minimum atomic E-state index is -2.11. The Kier molecular flexibility index (Phi) is 32.0. The molecule has 1 heterocycles. The number of nitrogens with two attached hydrogens (primary N) is 3. The van der Waals surface area contributed by atoms with Crippen molar-refractivity contribution in [1.29, 1.82) is 0 Å². The number of rotatable bonds is 42. The molecule has 3 aromatic rings. The Morgan fingerprint density at radius 3 is 1.50 bits per heavy atom. The van der Waals surface area contributed by atoms with E-state index >= 15 is 0 Å². The van der Waals surface area contributed by atoms with Crippen molar-refractivity contribution >= 4 is 94.9 Å². The van der Waals surface area contributed by atoms with Gasteiger partial charge in [0.2, 0.25) is 59.1 Å². The lowest BCUT2D eigenvalue weighted by molar-refractivity contribution is -0.144. The normalized spacial score (nSPS) is 14.0. The summed E-state index contributed by atoms with van der Waals surface area (Å²) in [6, 6.07) is -4.08. The van der Waals surface area contributed by atoms with E-state index in [0.29, 0.717) is 11.1 Å². The molecular formula is C56H76N16O22. The van der Waals surface area contributed by atoms with Crippen molar-refractivity contribution in [3.05, 3.63) is 83.9 Å². The highest BCUT2D eigenvalue weighted by molar-refractivity contribution is 5.99. The second-order valence-electron chi connectivity index (χ2n) is 21.0. The number of aromatic nitrogens is 2. The van der Waals surface area contributed by atoms with Crippen molar-refractivity contribution in [1.82, 2.24) is 63.1 Å². The van der Waals surface area contributed by atoms with Gasteiger partial charge < -0.3 is 111 Å². The van der Waals surface area contributed by atoms with Gasteiger partial charge in [0.25, 0.3) is 0 Å². The zero-order valence-corrected chi connectivity index (χ0v) is 50.4. The summed E-state index contributed by atoms with van der Waals surface area (Å²) in [5.41, 5.74) is 17.5. The van der Waals surface area contributed by atoms with Crippen LogP contribution < -0.4 is 70.4 Å². The van der Waals surface area contributed by atoms with Gasteiger partial charge in [-0.2, -0.15) is 0 Å². The third-order valence-electron chi connectivity index (χ3n) is 13.4. The number of aromatic amines is 1. The molecule has 0 fully saturated rings. The Bertz CT molecular complexity index is 3190. The second-order valence-corrected chi connectivity index (χ2v) is 21.0. The quantitative estimate of drug-likeness (QED) is 0.0142. The van der Waals surface area contributed by atoms with Crippen LogP contribution in [0.25, 0.3) is 0 Å². The number of aromatic hydroxyl groups is 1. The summed E-state index contributed by atoms with van der Waals surface area (Å²) in [4.78, 5) is 205. The highest BCUT2D eigenvalue weighted by Gasteiger charge is 2.36. The van der Waals surface area contributed by atoms with Gasteiger partial charge in [-0.3, -0.25) is 72.1 Å². The smallest absolute Gasteiger partial charge is 0.326 e. The minimum Gasteiger partial charge on any atom is -0.508 e. The van der Waals surface area contributed by atoms with E-state index in [0.717, 1.165) is 6.92 Å². The number of aliphatic hydroxyl groups is 1. The average Bonchev–Trinajstić information content (AvgIpc) is 1.29. The van der Waals surface area contributed by atoms with Crippen molar-refractivity contribution in [2.75, 3.05) is 19.7 Å². The monoisotopic (exact) mass is 1320 g/mol. The first-order valence-electron chi connectivity index (χ1n) is 28.7. The van der Waals surface area contributed by atoms with E-state index in [-0.39, 0.29) is 49.6 Å². The lowest BCUT2D eigenvalue weighted by Crippen LogP contribution is -2.61. The zero-order chi connectivity index (χ0) is 70.2. The number of imidazole rings is 1. The van der Waals surface area contributed by atoms with Crippen LogP contribution in [0.15, 0.2) is 72.1 Å². The number of aliphatic hydroxyl groups excluding tert-OH is 1. The van der Waals surface area contributed by atoms with E-state index in [1.54, 1.807) is 30.3 Å². The van der Waals surface area contributed by atoms with Crippen molar-refractivity contribution in [3.63, 3.8) is 0 Å². The van der Waals surface area contributed by atoms with Gasteiger partial charge in [0, 0.05) is 50.5 Å². The molecule has 38 nitrogen and oxygen atoms in total. The molecular weight excluding hydrogens is 1250 g/mol. The molecule has 10 amide bonds. The molecule has 1 aromatic heterocycles. The number of carboxylic acids is 5. The maximum atomic E-state index is 14.5. The first-order chi connectivity index (χ1) is 44.3. The summed E-state index contributed by atoms with van der Waals surface area (Å²) in [5.74, 6) is -19.6. The molecule has 0 aliphatic rings. The fraction of sp³-hybridized carbons (Fsp3) is 0.446. The predicted octanol–water partition coefficient (Wildman–Crippen LogP) is -7.22. The van der Waals surface area contributed by atoms with E-state index in [4.69, 9.17) is 27.4 Å². The number of H-pyrrole nitrogens is 1. The first kappa shape index (κ1) is 76.9. The SMILES string of the molecule is C[C@H](NC(=O)[C@H](N)CC(=O)O)C(=O)N[C@@H](CCC(=O)O)C(=O)N[C@@H](Cc1ccccc1)C(=O)N[C@@H](CCCN=C(N)N)C(=O)N[C@@H](Cc1cnc[nH]1)C(=O)N[C@@H](CC(=O)O)C(=O)N[C@@H](CO)C(=O)NCC(=O)N[C@@H](Cc1ccc(O)cc1)C(=O)N[C@@H](CCC(=O)O)C(=O)O. The Balaban J connectivity index is 1.91. The number of hydrogen-bond acceptors (Lipinski definition) is 20. The molecule has 0 bridgehead atoms. The Hall–Kier alpha value is -11.3. The van der Waals surface area contributed by atoms with Crippen molar-refractivity contribution in [2.45, 2.75) is 138 Å². The number of aliphatic carboxylic acids is 5. The van der Waals surface area contributed by atoms with Crippen LogP contribution in [0.5, 0.6) is 5.75 Å². The number of carbonyl (C=O) groups is 15. The van der Waals surface area contributed by atoms with Crippen LogP contribution in [0.3, 0.4) is 0 Å². The van der Waals surface area contributed by atoms with Crippen LogP contribution in [-0.2, 0) is 91.2 Å². The third-order valence-corrected chi connectivity index (χ3v) is 13.4. The molecule has 94 heavy (non-hydrogen) atoms. The van der Waals surface area contributed by atoms with Crippen LogP contribution in [0.1, 0.15) is 75.1 Å². The van der Waals surface area contributed by atoms with E-state index in [9.17, 15) is 97.5 Å². The third kappa shape index (κ3) is 28.7. The highest BCUT2D eigenvalue weighted by atomic mass is 16.4. The van der Waals surface area contributed by atoms with Crippen LogP contribution in [-0.4, -0.2) is 221 Å². The maximum Gasteiger partial charge on any atom is 0.326 e. The van der Waals surface area contributed by atoms with Crippen molar-refractivity contribution in [2.24, 2.45) is 22.2 Å². The molecule has 0 spiro atoms. The lowest BCUT2D eigenvalue weighted by atomic mass is 10.0. The summed E-state index contributed by atoms with van der Waals surface area (Å²) in [7, 11) is 0. The summed E-state index contributed by atoms with van der Waals surface area (Å²) in [6.07, 6.45) is -3.57. The minimum absolute atomic E-state index is 0.0565. The molecule has 38 heteroatoms. The number of aliphatic imine (C=N–C) groups is 1. The average molecular weight is 1330 g/mol. The van der Waals surface area contributed by atoms with Gasteiger partial charge in [0.15, 0.2) is 5.96 Å². The second kappa shape index (κ2) is 39.1. The van der Waals surface area contributed by atoms with Crippen molar-refractivity contribution in [3.8, 4) is 5.75 Å². The van der Waals surface area contributed by atoms with Crippen molar-refractivity contribution < 1.29 is 108 Å².